The number of nitrogens with zero attached hydrogens (tertiary/aromatic N) is 2. The molecule has 1 saturated heterocycles. The molecule has 1 fully saturated rings. The lowest BCUT2D eigenvalue weighted by molar-refractivity contribution is -0.123. The van der Waals surface area contributed by atoms with Crippen LogP contribution in [0.3, 0.4) is 0 Å². The molecule has 1 atom stereocenters. The van der Waals surface area contributed by atoms with Crippen molar-refractivity contribution in [2.75, 3.05) is 37.6 Å². The number of hydrogen-bond donors (Lipinski definition) is 1. The summed E-state index contributed by atoms with van der Waals surface area (Å²) in [5, 5.41) is 4.10. The van der Waals surface area contributed by atoms with Crippen molar-refractivity contribution in [1.82, 2.24) is 10.2 Å². The normalized spacial score (nSPS) is 16.2. The molecule has 0 spiro atoms. The SMILES string of the molecule is C[C@H](NC(=O)CN1CCN(c2ccc(F)cc2)CC1)c1ccc(Cl)cc1Cl. The predicted molar refractivity (Wildman–Crippen MR) is 108 cm³/mol. The van der Waals surface area contributed by atoms with E-state index >= 15 is 0 Å². The van der Waals surface area contributed by atoms with Gasteiger partial charge in [-0.25, -0.2) is 4.39 Å². The third-order valence-electron chi connectivity index (χ3n) is 4.74. The van der Waals surface area contributed by atoms with Gasteiger partial charge in [-0.15, -0.1) is 0 Å². The molecule has 0 saturated carbocycles. The maximum Gasteiger partial charge on any atom is 0.234 e. The molecule has 1 amide bonds. The fourth-order valence-corrected chi connectivity index (χ4v) is 3.81. The zero-order valence-electron chi connectivity index (χ0n) is 15.1. The van der Waals surface area contributed by atoms with E-state index in [4.69, 9.17) is 23.2 Å². The lowest BCUT2D eigenvalue weighted by Crippen LogP contribution is -2.49. The van der Waals surface area contributed by atoms with Gasteiger partial charge in [0.05, 0.1) is 12.6 Å². The number of rotatable bonds is 5. The molecule has 0 aliphatic carbocycles. The first-order chi connectivity index (χ1) is 12.9. The maximum absolute atomic E-state index is 13.0. The number of piperazine rings is 1. The first-order valence-electron chi connectivity index (χ1n) is 8.89. The van der Waals surface area contributed by atoms with Gasteiger partial charge in [0.15, 0.2) is 0 Å². The number of carbonyl (C=O) groups is 1. The molecule has 1 N–H and O–H groups in total. The van der Waals surface area contributed by atoms with Crippen LogP contribution in [0.4, 0.5) is 10.1 Å². The van der Waals surface area contributed by atoms with Crippen LogP contribution >= 0.6 is 23.2 Å². The molecule has 4 nitrogen and oxygen atoms in total. The standard InChI is InChI=1S/C20H22Cl2FN3O/c1-14(18-7-2-15(21)12-19(18)22)24-20(27)13-25-8-10-26(11-9-25)17-5-3-16(23)4-6-17/h2-7,12,14H,8-11,13H2,1H3,(H,24,27)/t14-/m0/s1. The minimum absolute atomic E-state index is 0.0382. The number of anilines is 1. The number of nitrogens with one attached hydrogen (secondary N) is 1. The van der Waals surface area contributed by atoms with Gasteiger partial charge >= 0.3 is 0 Å². The van der Waals surface area contributed by atoms with Crippen LogP contribution in [-0.4, -0.2) is 43.5 Å². The summed E-state index contributed by atoms with van der Waals surface area (Å²) < 4.78 is 13.0. The quantitative estimate of drug-likeness (QED) is 0.805. The highest BCUT2D eigenvalue weighted by molar-refractivity contribution is 6.35. The van der Waals surface area contributed by atoms with Gasteiger partial charge in [-0.3, -0.25) is 9.69 Å². The minimum Gasteiger partial charge on any atom is -0.369 e. The Bertz CT molecular complexity index is 792. The summed E-state index contributed by atoms with van der Waals surface area (Å²) >= 11 is 12.1. The van der Waals surface area contributed by atoms with Gasteiger partial charge in [0, 0.05) is 41.9 Å². The molecular formula is C20H22Cl2FN3O. The van der Waals surface area contributed by atoms with Gasteiger partial charge in [0.1, 0.15) is 5.82 Å². The predicted octanol–water partition coefficient (Wildman–Crippen LogP) is 4.13. The van der Waals surface area contributed by atoms with Crippen molar-refractivity contribution in [1.29, 1.82) is 0 Å². The molecule has 0 unspecified atom stereocenters. The molecule has 1 aliphatic rings. The van der Waals surface area contributed by atoms with Crippen molar-refractivity contribution in [3.05, 3.63) is 63.9 Å². The Kier molecular flexibility index (Phi) is 6.58. The fourth-order valence-electron chi connectivity index (χ4n) is 3.24. The van der Waals surface area contributed by atoms with Crippen molar-refractivity contribution in [3.63, 3.8) is 0 Å². The van der Waals surface area contributed by atoms with E-state index in [2.05, 4.69) is 15.1 Å². The van der Waals surface area contributed by atoms with E-state index in [1.54, 1.807) is 24.3 Å². The molecule has 3 rings (SSSR count). The molecule has 0 radical (unpaired) electrons. The Labute approximate surface area is 168 Å². The van der Waals surface area contributed by atoms with Crippen molar-refractivity contribution < 1.29 is 9.18 Å². The highest BCUT2D eigenvalue weighted by atomic mass is 35.5. The van der Waals surface area contributed by atoms with Gasteiger partial charge in [-0.1, -0.05) is 29.3 Å². The highest BCUT2D eigenvalue weighted by Crippen LogP contribution is 2.26. The van der Waals surface area contributed by atoms with Crippen molar-refractivity contribution >= 4 is 34.8 Å². The van der Waals surface area contributed by atoms with Gasteiger partial charge < -0.3 is 10.2 Å². The number of carbonyl (C=O) groups excluding carboxylic acids is 1. The van der Waals surface area contributed by atoms with Crippen LogP contribution in [0.1, 0.15) is 18.5 Å². The van der Waals surface area contributed by atoms with Crippen LogP contribution < -0.4 is 10.2 Å². The van der Waals surface area contributed by atoms with E-state index in [1.165, 1.54) is 12.1 Å². The minimum atomic E-state index is -0.232. The topological polar surface area (TPSA) is 35.6 Å². The van der Waals surface area contributed by atoms with Gasteiger partial charge in [0.25, 0.3) is 0 Å². The summed E-state index contributed by atoms with van der Waals surface area (Å²) in [5.41, 5.74) is 1.85. The summed E-state index contributed by atoms with van der Waals surface area (Å²) in [7, 11) is 0. The van der Waals surface area contributed by atoms with Crippen LogP contribution in [0.2, 0.25) is 10.0 Å². The van der Waals surface area contributed by atoms with Crippen LogP contribution in [0, 0.1) is 5.82 Å². The number of halogens is 3. The van der Waals surface area contributed by atoms with Crippen molar-refractivity contribution in [3.8, 4) is 0 Å². The Balaban J connectivity index is 1.48. The lowest BCUT2D eigenvalue weighted by atomic mass is 10.1. The van der Waals surface area contributed by atoms with E-state index in [-0.39, 0.29) is 17.8 Å². The number of amides is 1. The van der Waals surface area contributed by atoms with E-state index < -0.39 is 0 Å². The van der Waals surface area contributed by atoms with Crippen molar-refractivity contribution in [2.45, 2.75) is 13.0 Å². The third kappa shape index (κ3) is 5.34. The van der Waals surface area contributed by atoms with Crippen LogP contribution in [-0.2, 0) is 4.79 Å². The molecule has 144 valence electrons. The van der Waals surface area contributed by atoms with E-state index in [0.717, 1.165) is 37.4 Å². The molecule has 27 heavy (non-hydrogen) atoms. The van der Waals surface area contributed by atoms with Crippen LogP contribution in [0.15, 0.2) is 42.5 Å². The largest absolute Gasteiger partial charge is 0.369 e. The zero-order chi connectivity index (χ0) is 19.4. The Morgan fingerprint density at radius 1 is 1.11 bits per heavy atom. The first kappa shape index (κ1) is 19.9. The van der Waals surface area contributed by atoms with Crippen LogP contribution in [0.5, 0.6) is 0 Å². The van der Waals surface area contributed by atoms with Gasteiger partial charge in [-0.05, 0) is 48.9 Å². The Morgan fingerprint density at radius 3 is 2.41 bits per heavy atom. The molecule has 2 aromatic carbocycles. The number of benzene rings is 2. The van der Waals surface area contributed by atoms with Crippen molar-refractivity contribution in [2.24, 2.45) is 0 Å². The highest BCUT2D eigenvalue weighted by Gasteiger charge is 2.20. The van der Waals surface area contributed by atoms with Gasteiger partial charge in [0.2, 0.25) is 5.91 Å². The molecule has 2 aromatic rings. The first-order valence-corrected chi connectivity index (χ1v) is 9.65. The monoisotopic (exact) mass is 409 g/mol. The second-order valence-corrected chi connectivity index (χ2v) is 7.54. The average Bonchev–Trinajstić information content (AvgIpc) is 2.63. The van der Waals surface area contributed by atoms with E-state index in [1.807, 2.05) is 13.0 Å². The van der Waals surface area contributed by atoms with Crippen LogP contribution in [0.25, 0.3) is 0 Å². The summed E-state index contributed by atoms with van der Waals surface area (Å²) in [4.78, 5) is 16.7. The Hall–Kier alpha value is -1.82. The summed E-state index contributed by atoms with van der Waals surface area (Å²) in [6, 6.07) is 11.6. The molecular weight excluding hydrogens is 388 g/mol. The fraction of sp³-hybridized carbons (Fsp3) is 0.350. The third-order valence-corrected chi connectivity index (χ3v) is 5.30. The zero-order valence-corrected chi connectivity index (χ0v) is 16.6. The average molecular weight is 410 g/mol. The molecule has 0 aromatic heterocycles. The molecule has 1 heterocycles. The maximum atomic E-state index is 13.0. The molecule has 7 heteroatoms. The Morgan fingerprint density at radius 2 is 1.78 bits per heavy atom. The number of hydrogen-bond acceptors (Lipinski definition) is 3. The molecule has 0 bridgehead atoms. The summed E-state index contributed by atoms with van der Waals surface area (Å²) in [5.74, 6) is -0.271. The summed E-state index contributed by atoms with van der Waals surface area (Å²) in [6.07, 6.45) is 0. The van der Waals surface area contributed by atoms with E-state index in [9.17, 15) is 9.18 Å². The second-order valence-electron chi connectivity index (χ2n) is 6.69. The summed E-state index contributed by atoms with van der Waals surface area (Å²) in [6.45, 7) is 5.41. The smallest absolute Gasteiger partial charge is 0.234 e. The second kappa shape index (κ2) is 8.91. The van der Waals surface area contributed by atoms with Gasteiger partial charge in [-0.2, -0.15) is 0 Å². The molecule has 1 aliphatic heterocycles. The van der Waals surface area contributed by atoms with E-state index in [0.29, 0.717) is 16.6 Å². The lowest BCUT2D eigenvalue weighted by Gasteiger charge is -2.35.